The molecule has 2 heterocycles. The van der Waals surface area contributed by atoms with Gasteiger partial charge in [0, 0.05) is 17.4 Å². The van der Waals surface area contributed by atoms with Crippen LogP contribution in [0.4, 0.5) is 29.3 Å². The molecule has 9 nitrogen and oxygen atoms in total. The van der Waals surface area contributed by atoms with E-state index in [0.29, 0.717) is 23.1 Å². The van der Waals surface area contributed by atoms with Crippen LogP contribution in [0.3, 0.4) is 0 Å². The van der Waals surface area contributed by atoms with E-state index in [-0.39, 0.29) is 5.69 Å². The van der Waals surface area contributed by atoms with E-state index in [4.69, 9.17) is 4.74 Å². The maximum Gasteiger partial charge on any atom is 0.573 e. The minimum atomic E-state index is -4.88. The lowest BCUT2D eigenvalue weighted by Crippen LogP contribution is -2.22. The van der Waals surface area contributed by atoms with E-state index >= 15 is 0 Å². The van der Waals surface area contributed by atoms with Gasteiger partial charge in [-0.2, -0.15) is 0 Å². The fourth-order valence-corrected chi connectivity index (χ4v) is 3.04. The minimum absolute atomic E-state index is 0.134. The van der Waals surface area contributed by atoms with Crippen molar-refractivity contribution >= 4 is 17.4 Å². The maximum atomic E-state index is 12.6. The largest absolute Gasteiger partial charge is 0.573 e. The van der Waals surface area contributed by atoms with Gasteiger partial charge in [0.1, 0.15) is 24.2 Å². The fraction of sp³-hybridized carbons (Fsp3) is 0.130. The first-order chi connectivity index (χ1) is 16.7. The van der Waals surface area contributed by atoms with E-state index in [2.05, 4.69) is 30.3 Å². The number of carbonyl (C=O) groups excluding carboxylic acids is 1. The monoisotopic (exact) mass is 484 g/mol. The number of nitrogens with one attached hydrogen (secondary N) is 2. The van der Waals surface area contributed by atoms with Crippen LogP contribution >= 0.6 is 0 Å². The molecule has 4 rings (SSSR count). The Bertz CT molecular complexity index is 1340. The van der Waals surface area contributed by atoms with Crippen LogP contribution in [0.2, 0.25) is 0 Å². The van der Waals surface area contributed by atoms with E-state index in [1.807, 2.05) is 18.4 Å². The van der Waals surface area contributed by atoms with Crippen molar-refractivity contribution in [3.05, 3.63) is 78.6 Å². The molecule has 0 aliphatic heterocycles. The highest BCUT2D eigenvalue weighted by Gasteiger charge is 2.32. The van der Waals surface area contributed by atoms with Gasteiger partial charge in [0.2, 0.25) is 5.88 Å². The van der Waals surface area contributed by atoms with Crippen molar-refractivity contribution in [2.45, 2.75) is 20.2 Å². The lowest BCUT2D eigenvalue weighted by Gasteiger charge is -2.14. The van der Waals surface area contributed by atoms with Crippen molar-refractivity contribution in [3.8, 4) is 23.2 Å². The standard InChI is InChI=1S/C23H19F3N6O3/c1-14-15(2)32(13-29-14)20-11-21(28-12-27-20)34-17-9-7-16(8-10-17)30-22(33)31-18-5-3-4-6-19(18)35-23(24,25)26/h3-13H,1-2H3,(H2,30,31,33). The molecule has 180 valence electrons. The first-order valence-electron chi connectivity index (χ1n) is 10.2. The molecule has 12 heteroatoms. The number of anilines is 2. The number of para-hydroxylation sites is 2. The summed E-state index contributed by atoms with van der Waals surface area (Å²) >= 11 is 0. The fourth-order valence-electron chi connectivity index (χ4n) is 3.04. The molecule has 2 aromatic heterocycles. The van der Waals surface area contributed by atoms with Crippen LogP contribution in [-0.2, 0) is 0 Å². The number of benzene rings is 2. The number of urea groups is 1. The van der Waals surface area contributed by atoms with Crippen molar-refractivity contribution in [1.29, 1.82) is 0 Å². The van der Waals surface area contributed by atoms with Gasteiger partial charge < -0.3 is 20.1 Å². The Morgan fingerprint density at radius 1 is 0.971 bits per heavy atom. The summed E-state index contributed by atoms with van der Waals surface area (Å²) in [6, 6.07) is 12.5. The first-order valence-corrected chi connectivity index (χ1v) is 10.2. The van der Waals surface area contributed by atoms with Crippen LogP contribution in [0, 0.1) is 13.8 Å². The van der Waals surface area contributed by atoms with Crippen molar-refractivity contribution in [3.63, 3.8) is 0 Å². The quantitative estimate of drug-likeness (QED) is 0.369. The van der Waals surface area contributed by atoms with Crippen LogP contribution in [0.1, 0.15) is 11.4 Å². The predicted molar refractivity (Wildman–Crippen MR) is 121 cm³/mol. The van der Waals surface area contributed by atoms with E-state index in [1.165, 1.54) is 24.5 Å². The summed E-state index contributed by atoms with van der Waals surface area (Å²) in [5.41, 5.74) is 2.08. The number of alkyl halides is 3. The molecule has 35 heavy (non-hydrogen) atoms. The summed E-state index contributed by atoms with van der Waals surface area (Å²) in [6.45, 7) is 3.82. The van der Waals surface area contributed by atoms with Crippen molar-refractivity contribution in [1.82, 2.24) is 19.5 Å². The molecule has 4 aromatic rings. The van der Waals surface area contributed by atoms with Crippen LogP contribution < -0.4 is 20.1 Å². The normalized spacial score (nSPS) is 11.1. The summed E-state index contributed by atoms with van der Waals surface area (Å²) < 4.78 is 49.2. The van der Waals surface area contributed by atoms with E-state index < -0.39 is 18.1 Å². The molecule has 0 radical (unpaired) electrons. The molecule has 0 aliphatic rings. The molecule has 0 saturated carbocycles. The van der Waals surface area contributed by atoms with Gasteiger partial charge in [0.25, 0.3) is 0 Å². The van der Waals surface area contributed by atoms with Crippen LogP contribution in [0.15, 0.2) is 67.3 Å². The van der Waals surface area contributed by atoms with E-state index in [1.54, 1.807) is 36.7 Å². The zero-order chi connectivity index (χ0) is 25.0. The number of rotatable bonds is 6. The van der Waals surface area contributed by atoms with Gasteiger partial charge in [0.05, 0.1) is 11.4 Å². The smallest absolute Gasteiger partial charge is 0.439 e. The van der Waals surface area contributed by atoms with Gasteiger partial charge in [-0.15, -0.1) is 13.2 Å². The van der Waals surface area contributed by atoms with Crippen LogP contribution in [0.5, 0.6) is 17.4 Å². The second kappa shape index (κ2) is 9.71. The van der Waals surface area contributed by atoms with Gasteiger partial charge in [-0.3, -0.25) is 4.57 Å². The topological polar surface area (TPSA) is 103 Å². The number of halogens is 3. The molecule has 0 saturated heterocycles. The number of carbonyl (C=O) groups is 1. The zero-order valence-electron chi connectivity index (χ0n) is 18.5. The molecule has 0 fully saturated rings. The predicted octanol–water partition coefficient (Wildman–Crippen LogP) is 5.61. The average molecular weight is 484 g/mol. The summed E-state index contributed by atoms with van der Waals surface area (Å²) in [5.74, 6) is 0.825. The number of nitrogens with zero attached hydrogens (tertiary/aromatic N) is 4. The molecule has 0 unspecified atom stereocenters. The number of imidazole rings is 1. The number of aryl methyl sites for hydroxylation is 1. The molecule has 0 atom stereocenters. The molecule has 2 aromatic carbocycles. The molecule has 2 amide bonds. The number of hydrogen-bond acceptors (Lipinski definition) is 6. The summed E-state index contributed by atoms with van der Waals surface area (Å²) in [6.07, 6.45) is -1.85. The maximum absolute atomic E-state index is 12.6. The molecule has 2 N–H and O–H groups in total. The number of amides is 2. The Labute approximate surface area is 197 Å². The van der Waals surface area contributed by atoms with Gasteiger partial charge in [-0.1, -0.05) is 12.1 Å². The van der Waals surface area contributed by atoms with Gasteiger partial charge in [0.15, 0.2) is 5.75 Å². The van der Waals surface area contributed by atoms with Gasteiger partial charge in [-0.25, -0.2) is 19.7 Å². The van der Waals surface area contributed by atoms with Gasteiger partial charge in [-0.05, 0) is 50.2 Å². The number of aromatic nitrogens is 4. The zero-order valence-corrected chi connectivity index (χ0v) is 18.5. The van der Waals surface area contributed by atoms with Crippen molar-refractivity contribution < 1.29 is 27.4 Å². The third kappa shape index (κ3) is 6.05. The average Bonchev–Trinajstić information content (AvgIpc) is 3.14. The lowest BCUT2D eigenvalue weighted by atomic mass is 10.3. The van der Waals surface area contributed by atoms with Crippen molar-refractivity contribution in [2.24, 2.45) is 0 Å². The Balaban J connectivity index is 1.39. The highest BCUT2D eigenvalue weighted by molar-refractivity contribution is 6.00. The number of ether oxygens (including phenoxy) is 2. The SMILES string of the molecule is Cc1ncn(-c2cc(Oc3ccc(NC(=O)Nc4ccccc4OC(F)(F)F)cc3)ncn2)c1C. The van der Waals surface area contributed by atoms with E-state index in [0.717, 1.165) is 17.5 Å². The highest BCUT2D eigenvalue weighted by Crippen LogP contribution is 2.30. The molecule has 0 aliphatic carbocycles. The minimum Gasteiger partial charge on any atom is -0.439 e. The molecular weight excluding hydrogens is 465 g/mol. The third-order valence-corrected chi connectivity index (χ3v) is 4.82. The molecule has 0 spiro atoms. The first kappa shape index (κ1) is 23.5. The molecular formula is C23H19F3N6O3. The summed E-state index contributed by atoms with van der Waals surface area (Å²) in [7, 11) is 0. The van der Waals surface area contributed by atoms with Crippen LogP contribution in [0.25, 0.3) is 5.82 Å². The second-order valence-corrected chi connectivity index (χ2v) is 7.25. The Morgan fingerprint density at radius 3 is 2.40 bits per heavy atom. The lowest BCUT2D eigenvalue weighted by molar-refractivity contribution is -0.274. The van der Waals surface area contributed by atoms with Crippen molar-refractivity contribution in [2.75, 3.05) is 10.6 Å². The third-order valence-electron chi connectivity index (χ3n) is 4.82. The Hall–Kier alpha value is -4.61. The molecule has 0 bridgehead atoms. The summed E-state index contributed by atoms with van der Waals surface area (Å²) in [5, 5.41) is 4.87. The van der Waals surface area contributed by atoms with E-state index in [9.17, 15) is 18.0 Å². The number of hydrogen-bond donors (Lipinski definition) is 2. The highest BCUT2D eigenvalue weighted by atomic mass is 19.4. The summed E-state index contributed by atoms with van der Waals surface area (Å²) in [4.78, 5) is 24.9. The van der Waals surface area contributed by atoms with Crippen LogP contribution in [-0.4, -0.2) is 31.9 Å². The van der Waals surface area contributed by atoms with Gasteiger partial charge >= 0.3 is 12.4 Å². The Kier molecular flexibility index (Phi) is 6.53. The second-order valence-electron chi connectivity index (χ2n) is 7.25. The Morgan fingerprint density at radius 2 is 1.71 bits per heavy atom.